The SMILES string of the molecule is C[C@@H](OC(=O)c1ccc(CN2CCCC2=O)cc1)C(=O)NC1CCCCC1. The van der Waals surface area contributed by atoms with E-state index < -0.39 is 12.1 Å². The first kappa shape index (κ1) is 19.4. The van der Waals surface area contributed by atoms with Crippen LogP contribution < -0.4 is 5.32 Å². The molecule has 2 aliphatic rings. The number of esters is 1. The first-order valence-corrected chi connectivity index (χ1v) is 9.91. The molecule has 1 heterocycles. The lowest BCUT2D eigenvalue weighted by Crippen LogP contribution is -2.42. The van der Waals surface area contributed by atoms with Crippen molar-refractivity contribution in [1.29, 1.82) is 0 Å². The van der Waals surface area contributed by atoms with E-state index in [0.717, 1.165) is 44.2 Å². The molecule has 1 aliphatic heterocycles. The second-order valence-corrected chi connectivity index (χ2v) is 7.51. The molecule has 27 heavy (non-hydrogen) atoms. The minimum atomic E-state index is -0.818. The number of nitrogens with one attached hydrogen (secondary N) is 1. The van der Waals surface area contributed by atoms with E-state index in [2.05, 4.69) is 5.32 Å². The van der Waals surface area contributed by atoms with Crippen molar-refractivity contribution >= 4 is 17.8 Å². The molecule has 1 saturated carbocycles. The van der Waals surface area contributed by atoms with Crippen molar-refractivity contribution in [2.24, 2.45) is 0 Å². The molecular formula is C21H28N2O4. The van der Waals surface area contributed by atoms with E-state index in [0.29, 0.717) is 18.5 Å². The van der Waals surface area contributed by atoms with Gasteiger partial charge in [-0.25, -0.2) is 4.79 Å². The molecule has 1 saturated heterocycles. The molecule has 146 valence electrons. The number of amides is 2. The Bertz CT molecular complexity index is 680. The van der Waals surface area contributed by atoms with E-state index >= 15 is 0 Å². The third-order valence-electron chi connectivity index (χ3n) is 5.34. The van der Waals surface area contributed by atoms with Gasteiger partial charge in [-0.05, 0) is 43.9 Å². The largest absolute Gasteiger partial charge is 0.449 e. The van der Waals surface area contributed by atoms with Gasteiger partial charge in [-0.3, -0.25) is 9.59 Å². The van der Waals surface area contributed by atoms with Gasteiger partial charge in [-0.1, -0.05) is 31.4 Å². The zero-order chi connectivity index (χ0) is 19.2. The van der Waals surface area contributed by atoms with Crippen LogP contribution in [0.4, 0.5) is 0 Å². The molecule has 2 amide bonds. The highest BCUT2D eigenvalue weighted by Gasteiger charge is 2.23. The normalized spacial score (nSPS) is 19.0. The maximum Gasteiger partial charge on any atom is 0.338 e. The highest BCUT2D eigenvalue weighted by Crippen LogP contribution is 2.18. The Morgan fingerprint density at radius 2 is 1.85 bits per heavy atom. The fourth-order valence-electron chi connectivity index (χ4n) is 3.69. The Balaban J connectivity index is 1.49. The quantitative estimate of drug-likeness (QED) is 0.779. The van der Waals surface area contributed by atoms with Crippen molar-refractivity contribution in [2.75, 3.05) is 6.54 Å². The Morgan fingerprint density at radius 1 is 1.15 bits per heavy atom. The maximum absolute atomic E-state index is 12.3. The molecule has 1 atom stereocenters. The van der Waals surface area contributed by atoms with E-state index in [1.165, 1.54) is 6.42 Å². The van der Waals surface area contributed by atoms with Gasteiger partial charge in [-0.2, -0.15) is 0 Å². The maximum atomic E-state index is 12.3. The lowest BCUT2D eigenvalue weighted by Gasteiger charge is -2.24. The van der Waals surface area contributed by atoms with Crippen LogP contribution in [0.25, 0.3) is 0 Å². The van der Waals surface area contributed by atoms with Crippen molar-refractivity contribution in [1.82, 2.24) is 10.2 Å². The van der Waals surface area contributed by atoms with Gasteiger partial charge in [-0.15, -0.1) is 0 Å². The number of likely N-dealkylation sites (tertiary alicyclic amines) is 1. The Hall–Kier alpha value is -2.37. The molecule has 1 aromatic carbocycles. The number of nitrogens with zero attached hydrogens (tertiary/aromatic N) is 1. The van der Waals surface area contributed by atoms with Gasteiger partial charge in [0, 0.05) is 25.6 Å². The molecule has 0 bridgehead atoms. The van der Waals surface area contributed by atoms with Crippen molar-refractivity contribution in [2.45, 2.75) is 70.6 Å². The molecular weight excluding hydrogens is 344 g/mol. The van der Waals surface area contributed by atoms with E-state index in [9.17, 15) is 14.4 Å². The number of ether oxygens (including phenoxy) is 1. The van der Waals surface area contributed by atoms with Gasteiger partial charge in [0.25, 0.3) is 5.91 Å². The summed E-state index contributed by atoms with van der Waals surface area (Å²) in [5, 5.41) is 2.98. The minimum absolute atomic E-state index is 0.177. The summed E-state index contributed by atoms with van der Waals surface area (Å²) in [4.78, 5) is 38.0. The summed E-state index contributed by atoms with van der Waals surface area (Å²) in [5.41, 5.74) is 1.38. The lowest BCUT2D eigenvalue weighted by atomic mass is 9.95. The van der Waals surface area contributed by atoms with Gasteiger partial charge in [0.15, 0.2) is 6.10 Å². The van der Waals surface area contributed by atoms with Crippen LogP contribution in [0.2, 0.25) is 0 Å². The molecule has 1 aromatic rings. The van der Waals surface area contributed by atoms with Gasteiger partial charge < -0.3 is 15.0 Å². The van der Waals surface area contributed by atoms with Crippen LogP contribution >= 0.6 is 0 Å². The summed E-state index contributed by atoms with van der Waals surface area (Å²) in [7, 11) is 0. The fourth-order valence-corrected chi connectivity index (χ4v) is 3.69. The molecule has 1 N–H and O–H groups in total. The van der Waals surface area contributed by atoms with Crippen molar-refractivity contribution < 1.29 is 19.1 Å². The van der Waals surface area contributed by atoms with E-state index in [1.54, 1.807) is 19.1 Å². The Kier molecular flexibility index (Phi) is 6.48. The molecule has 0 radical (unpaired) electrons. The van der Waals surface area contributed by atoms with E-state index in [1.807, 2.05) is 17.0 Å². The molecule has 6 heteroatoms. The summed E-state index contributed by atoms with van der Waals surface area (Å²) in [6.45, 7) is 2.95. The predicted octanol–water partition coefficient (Wildman–Crippen LogP) is 2.80. The summed E-state index contributed by atoms with van der Waals surface area (Å²) in [6, 6.07) is 7.22. The first-order chi connectivity index (χ1) is 13.0. The van der Waals surface area contributed by atoms with Gasteiger partial charge >= 0.3 is 5.97 Å². The van der Waals surface area contributed by atoms with Crippen LogP contribution in [0, 0.1) is 0 Å². The fraction of sp³-hybridized carbons (Fsp3) is 0.571. The third kappa shape index (κ3) is 5.31. The molecule has 2 fully saturated rings. The second kappa shape index (κ2) is 9.02. The standard InChI is InChI=1S/C21H28N2O4/c1-15(20(25)22-18-6-3-2-4-7-18)27-21(26)17-11-9-16(10-12-17)14-23-13-5-8-19(23)24/h9-12,15,18H,2-8,13-14H2,1H3,(H,22,25)/t15-/m1/s1. The summed E-state index contributed by atoms with van der Waals surface area (Å²) < 4.78 is 5.31. The van der Waals surface area contributed by atoms with E-state index in [4.69, 9.17) is 4.74 Å². The number of benzene rings is 1. The molecule has 3 rings (SSSR count). The first-order valence-electron chi connectivity index (χ1n) is 9.91. The number of carbonyl (C=O) groups excluding carboxylic acids is 3. The van der Waals surface area contributed by atoms with Gasteiger partial charge in [0.05, 0.1) is 5.56 Å². The average Bonchev–Trinajstić information content (AvgIpc) is 3.07. The second-order valence-electron chi connectivity index (χ2n) is 7.51. The van der Waals surface area contributed by atoms with Crippen LogP contribution in [0.3, 0.4) is 0 Å². The smallest absolute Gasteiger partial charge is 0.338 e. The zero-order valence-corrected chi connectivity index (χ0v) is 15.9. The van der Waals surface area contributed by atoms with Gasteiger partial charge in [0.2, 0.25) is 5.91 Å². The van der Waals surface area contributed by atoms with Crippen LogP contribution in [-0.2, 0) is 20.9 Å². The highest BCUT2D eigenvalue weighted by atomic mass is 16.5. The van der Waals surface area contributed by atoms with Crippen LogP contribution in [0.5, 0.6) is 0 Å². The highest BCUT2D eigenvalue weighted by molar-refractivity contribution is 5.92. The van der Waals surface area contributed by atoms with Gasteiger partial charge in [0.1, 0.15) is 0 Å². The van der Waals surface area contributed by atoms with E-state index in [-0.39, 0.29) is 17.9 Å². The zero-order valence-electron chi connectivity index (χ0n) is 15.9. The summed E-state index contributed by atoms with van der Waals surface area (Å²) >= 11 is 0. The van der Waals surface area contributed by atoms with Crippen molar-refractivity contribution in [3.8, 4) is 0 Å². The van der Waals surface area contributed by atoms with Crippen LogP contribution in [-0.4, -0.2) is 41.4 Å². The molecule has 0 unspecified atom stereocenters. The Labute approximate surface area is 160 Å². The topological polar surface area (TPSA) is 75.7 Å². The van der Waals surface area contributed by atoms with Crippen molar-refractivity contribution in [3.63, 3.8) is 0 Å². The molecule has 0 spiro atoms. The van der Waals surface area contributed by atoms with Crippen LogP contribution in [0.1, 0.15) is 67.8 Å². The lowest BCUT2D eigenvalue weighted by molar-refractivity contribution is -0.130. The van der Waals surface area contributed by atoms with Crippen molar-refractivity contribution in [3.05, 3.63) is 35.4 Å². The van der Waals surface area contributed by atoms with Crippen LogP contribution in [0.15, 0.2) is 24.3 Å². The number of hydrogen-bond donors (Lipinski definition) is 1. The number of hydrogen-bond acceptors (Lipinski definition) is 4. The molecule has 1 aliphatic carbocycles. The average molecular weight is 372 g/mol. The molecule has 0 aromatic heterocycles. The number of carbonyl (C=O) groups is 3. The minimum Gasteiger partial charge on any atom is -0.449 e. The predicted molar refractivity (Wildman–Crippen MR) is 101 cm³/mol. The molecule has 6 nitrogen and oxygen atoms in total. The third-order valence-corrected chi connectivity index (χ3v) is 5.34. The summed E-state index contributed by atoms with van der Waals surface area (Å²) in [6.07, 6.45) is 6.18. The monoisotopic (exact) mass is 372 g/mol. The number of rotatable bonds is 6. The summed E-state index contributed by atoms with van der Waals surface area (Å²) in [5.74, 6) is -0.569. The Morgan fingerprint density at radius 3 is 2.48 bits per heavy atom.